The van der Waals surface area contributed by atoms with Crippen LogP contribution in [-0.2, 0) is 13.1 Å². The van der Waals surface area contributed by atoms with Crippen LogP contribution in [0.2, 0.25) is 0 Å². The molecule has 6 nitrogen and oxygen atoms in total. The molecule has 28 heavy (non-hydrogen) atoms. The van der Waals surface area contributed by atoms with Gasteiger partial charge in [-0.3, -0.25) is 9.78 Å². The normalized spacial score (nSPS) is 12.9. The van der Waals surface area contributed by atoms with Gasteiger partial charge >= 0.3 is 0 Å². The van der Waals surface area contributed by atoms with E-state index in [-0.39, 0.29) is 5.91 Å². The molecule has 2 aromatic heterocycles. The third kappa shape index (κ3) is 3.84. The zero-order valence-corrected chi connectivity index (χ0v) is 16.6. The van der Waals surface area contributed by atoms with Gasteiger partial charge in [0.1, 0.15) is 5.69 Å². The topological polar surface area (TPSA) is 71.0 Å². The maximum Gasteiger partial charge on any atom is 0.274 e. The smallest absolute Gasteiger partial charge is 0.274 e. The van der Waals surface area contributed by atoms with Crippen molar-refractivity contribution in [3.05, 3.63) is 71.3 Å². The minimum Gasteiger partial charge on any atom is -0.361 e. The summed E-state index contributed by atoms with van der Waals surface area (Å²) in [6.45, 7) is 5.61. The molecule has 3 heterocycles. The summed E-state index contributed by atoms with van der Waals surface area (Å²) >= 11 is 4.21. The predicted octanol–water partition coefficient (Wildman–Crippen LogP) is 4.06. The van der Waals surface area contributed by atoms with Gasteiger partial charge in [0, 0.05) is 35.9 Å². The van der Waals surface area contributed by atoms with E-state index in [4.69, 9.17) is 0 Å². The number of nitrogens with zero attached hydrogens (tertiary/aromatic N) is 4. The van der Waals surface area contributed by atoms with Gasteiger partial charge in [0.05, 0.1) is 12.2 Å². The van der Waals surface area contributed by atoms with Gasteiger partial charge in [-0.05, 0) is 35.7 Å². The molecule has 0 fully saturated rings. The Balaban J connectivity index is 1.51. The zero-order valence-electron chi connectivity index (χ0n) is 15.8. The van der Waals surface area contributed by atoms with Crippen molar-refractivity contribution in [2.24, 2.45) is 0 Å². The van der Waals surface area contributed by atoms with Crippen LogP contribution in [0.4, 0.5) is 11.4 Å². The summed E-state index contributed by atoms with van der Waals surface area (Å²) < 4.78 is 0. The summed E-state index contributed by atoms with van der Waals surface area (Å²) in [5.41, 5.74) is 5.30. The number of benzene rings is 1. The van der Waals surface area contributed by atoms with Crippen molar-refractivity contribution in [3.63, 3.8) is 0 Å². The second-order valence-electron chi connectivity index (χ2n) is 7.13. The number of nitrogens with one attached hydrogen (secondary N) is 1. The maximum atomic E-state index is 12.7. The first kappa shape index (κ1) is 18.4. The third-order valence-electron chi connectivity index (χ3n) is 4.80. The zero-order chi connectivity index (χ0) is 19.7. The lowest BCUT2D eigenvalue weighted by atomic mass is 10.0. The Labute approximate surface area is 169 Å². The summed E-state index contributed by atoms with van der Waals surface area (Å²) in [5, 5.41) is 3.41. The number of carbonyl (C=O) groups excluding carboxylic acids is 1. The van der Waals surface area contributed by atoms with Crippen molar-refractivity contribution in [1.82, 2.24) is 15.0 Å². The second kappa shape index (κ2) is 7.59. The van der Waals surface area contributed by atoms with Gasteiger partial charge < -0.3 is 10.2 Å². The van der Waals surface area contributed by atoms with Crippen LogP contribution in [0.5, 0.6) is 0 Å². The van der Waals surface area contributed by atoms with Gasteiger partial charge in [-0.25, -0.2) is 9.97 Å². The Morgan fingerprint density at radius 1 is 1.18 bits per heavy atom. The highest BCUT2D eigenvalue weighted by Crippen LogP contribution is 2.27. The summed E-state index contributed by atoms with van der Waals surface area (Å²) in [5.74, 6) is 0.174. The van der Waals surface area contributed by atoms with E-state index in [2.05, 4.69) is 57.7 Å². The maximum absolute atomic E-state index is 12.7. The first-order valence-corrected chi connectivity index (χ1v) is 9.60. The van der Waals surface area contributed by atoms with Crippen molar-refractivity contribution in [2.75, 3.05) is 10.2 Å². The van der Waals surface area contributed by atoms with Gasteiger partial charge in [-0.15, -0.1) is 12.6 Å². The highest BCUT2D eigenvalue weighted by molar-refractivity contribution is 7.80. The highest BCUT2D eigenvalue weighted by atomic mass is 32.1. The Hall–Kier alpha value is -2.93. The van der Waals surface area contributed by atoms with Gasteiger partial charge in [0.25, 0.3) is 5.91 Å². The SMILES string of the molecule is CC(C)c1cccc(NC(=O)c2cc(N3Cc4cnc(S)nc4C3)ccn2)c1. The number of hydrogen-bond donors (Lipinski definition) is 2. The van der Waals surface area contributed by atoms with E-state index in [1.807, 2.05) is 30.3 Å². The van der Waals surface area contributed by atoms with Crippen LogP contribution in [0.1, 0.15) is 47.1 Å². The molecule has 1 aliphatic rings. The Bertz CT molecular complexity index is 1040. The molecule has 0 atom stereocenters. The van der Waals surface area contributed by atoms with Crippen molar-refractivity contribution in [3.8, 4) is 0 Å². The summed E-state index contributed by atoms with van der Waals surface area (Å²) in [4.78, 5) is 27.6. The molecule has 0 saturated carbocycles. The van der Waals surface area contributed by atoms with E-state index < -0.39 is 0 Å². The molecule has 142 valence electrons. The monoisotopic (exact) mass is 391 g/mol. The molecule has 3 aromatic rings. The molecule has 0 saturated heterocycles. The van der Waals surface area contributed by atoms with Crippen LogP contribution >= 0.6 is 12.6 Å². The fourth-order valence-corrected chi connectivity index (χ4v) is 3.41. The molecule has 0 radical (unpaired) electrons. The van der Waals surface area contributed by atoms with E-state index in [0.717, 1.165) is 22.6 Å². The number of pyridine rings is 1. The van der Waals surface area contributed by atoms with E-state index in [1.54, 1.807) is 12.4 Å². The quantitative estimate of drug-likeness (QED) is 0.518. The highest BCUT2D eigenvalue weighted by Gasteiger charge is 2.22. The van der Waals surface area contributed by atoms with Crippen molar-refractivity contribution in [2.45, 2.75) is 38.0 Å². The number of thiol groups is 1. The molecular weight excluding hydrogens is 370 g/mol. The number of rotatable bonds is 4. The number of carbonyl (C=O) groups is 1. The molecule has 1 amide bonds. The first-order valence-electron chi connectivity index (χ1n) is 9.15. The van der Waals surface area contributed by atoms with Crippen LogP contribution in [0.3, 0.4) is 0 Å². The molecule has 0 spiro atoms. The van der Waals surface area contributed by atoms with Gasteiger partial charge in [0.2, 0.25) is 0 Å². The lowest BCUT2D eigenvalue weighted by Crippen LogP contribution is -2.18. The molecule has 1 N–H and O–H groups in total. The third-order valence-corrected chi connectivity index (χ3v) is 5.01. The number of amides is 1. The van der Waals surface area contributed by atoms with Gasteiger partial charge in [-0.1, -0.05) is 26.0 Å². The van der Waals surface area contributed by atoms with E-state index in [0.29, 0.717) is 29.9 Å². The molecule has 7 heteroatoms. The van der Waals surface area contributed by atoms with Crippen LogP contribution in [0.25, 0.3) is 0 Å². The van der Waals surface area contributed by atoms with Crippen molar-refractivity contribution >= 4 is 29.9 Å². The lowest BCUT2D eigenvalue weighted by Gasteiger charge is -2.17. The Morgan fingerprint density at radius 2 is 2.04 bits per heavy atom. The molecule has 0 bridgehead atoms. The molecule has 1 aliphatic heterocycles. The van der Waals surface area contributed by atoms with Crippen LogP contribution < -0.4 is 10.2 Å². The largest absolute Gasteiger partial charge is 0.361 e. The van der Waals surface area contributed by atoms with Gasteiger partial charge in [-0.2, -0.15) is 0 Å². The average Bonchev–Trinajstić information content (AvgIpc) is 3.11. The molecule has 4 rings (SSSR count). The molecular formula is C21H21N5OS. The van der Waals surface area contributed by atoms with E-state index in [9.17, 15) is 4.79 Å². The average molecular weight is 392 g/mol. The van der Waals surface area contributed by atoms with Crippen LogP contribution in [-0.4, -0.2) is 20.9 Å². The number of aromatic nitrogens is 3. The Kier molecular flexibility index (Phi) is 5.00. The predicted molar refractivity (Wildman–Crippen MR) is 112 cm³/mol. The van der Waals surface area contributed by atoms with Crippen LogP contribution in [0, 0.1) is 0 Å². The van der Waals surface area contributed by atoms with Crippen LogP contribution in [0.15, 0.2) is 53.9 Å². The van der Waals surface area contributed by atoms with Gasteiger partial charge in [0.15, 0.2) is 5.16 Å². The second-order valence-corrected chi connectivity index (χ2v) is 7.53. The first-order chi connectivity index (χ1) is 13.5. The number of anilines is 2. The minimum absolute atomic E-state index is 0.225. The number of hydrogen-bond acceptors (Lipinski definition) is 6. The lowest BCUT2D eigenvalue weighted by molar-refractivity contribution is 0.102. The van der Waals surface area contributed by atoms with E-state index >= 15 is 0 Å². The van der Waals surface area contributed by atoms with Crippen molar-refractivity contribution < 1.29 is 4.79 Å². The fourth-order valence-electron chi connectivity index (χ4n) is 3.24. The summed E-state index contributed by atoms with van der Waals surface area (Å²) in [6.07, 6.45) is 3.47. The number of fused-ring (bicyclic) bond motifs is 1. The Morgan fingerprint density at radius 3 is 2.86 bits per heavy atom. The standard InChI is InChI=1S/C21H21N5OS/c1-13(2)14-4-3-5-16(8-14)24-20(27)18-9-17(6-7-22-18)26-11-15-10-23-21(28)25-19(15)12-26/h3-10,13H,11-12H2,1-2H3,(H,24,27)(H,23,25,28). The molecule has 0 unspecified atom stereocenters. The molecule has 1 aromatic carbocycles. The molecule has 0 aliphatic carbocycles. The van der Waals surface area contributed by atoms with E-state index in [1.165, 1.54) is 5.56 Å². The summed E-state index contributed by atoms with van der Waals surface area (Å²) in [7, 11) is 0. The van der Waals surface area contributed by atoms with Crippen molar-refractivity contribution in [1.29, 1.82) is 0 Å². The fraction of sp³-hybridized carbons (Fsp3) is 0.238. The summed E-state index contributed by atoms with van der Waals surface area (Å²) in [6, 6.07) is 11.6. The minimum atomic E-state index is -0.225.